The van der Waals surface area contributed by atoms with E-state index >= 15 is 0 Å². The fourth-order valence-corrected chi connectivity index (χ4v) is 1.72. The highest BCUT2D eigenvalue weighted by atomic mass is 16.5. The van der Waals surface area contributed by atoms with Crippen LogP contribution in [0.3, 0.4) is 0 Å². The van der Waals surface area contributed by atoms with Crippen LogP contribution in [0.2, 0.25) is 0 Å². The maximum absolute atomic E-state index is 11.3. The zero-order valence-electron chi connectivity index (χ0n) is 10.4. The normalized spacial score (nSPS) is 11.6. The molecule has 0 amide bonds. The number of carbonyl (C=O) groups is 2. The second kappa shape index (κ2) is 7.50. The van der Waals surface area contributed by atoms with Crippen LogP contribution in [0.25, 0.3) is 0 Å². The zero-order chi connectivity index (χ0) is 13.4. The minimum Gasteiger partial charge on any atom is -0.469 e. The first kappa shape index (κ1) is 14.2. The summed E-state index contributed by atoms with van der Waals surface area (Å²) in [6.07, 6.45) is 1.61. The highest BCUT2D eigenvalue weighted by Crippen LogP contribution is 2.10. The summed E-state index contributed by atoms with van der Waals surface area (Å²) in [6, 6.07) is 7.32. The summed E-state index contributed by atoms with van der Waals surface area (Å²) in [5, 5.41) is 2.99. The van der Waals surface area contributed by atoms with E-state index < -0.39 is 0 Å². The van der Waals surface area contributed by atoms with Crippen molar-refractivity contribution < 1.29 is 14.3 Å². The smallest absolute Gasteiger partial charge is 0.307 e. The lowest BCUT2D eigenvalue weighted by Crippen LogP contribution is -2.37. The molecule has 0 heterocycles. The van der Waals surface area contributed by atoms with Crippen LogP contribution >= 0.6 is 0 Å². The molecule has 0 fully saturated rings. The number of methoxy groups -OCH3 is 1. The van der Waals surface area contributed by atoms with Crippen molar-refractivity contribution in [3.63, 3.8) is 0 Å². The van der Waals surface area contributed by atoms with E-state index in [1.807, 2.05) is 18.2 Å². The average molecular weight is 248 g/mol. The molecule has 0 aromatic heterocycles. The van der Waals surface area contributed by atoms with Crippen molar-refractivity contribution >= 4 is 25.3 Å². The SMILES string of the molecule is COC(=O)C[C@H](Cc1cccc(N)c1)NBC=O. The summed E-state index contributed by atoms with van der Waals surface area (Å²) >= 11 is 0. The molecule has 96 valence electrons. The van der Waals surface area contributed by atoms with Crippen LogP contribution in [-0.2, 0) is 20.7 Å². The van der Waals surface area contributed by atoms with Crippen LogP contribution in [0, 0.1) is 0 Å². The van der Waals surface area contributed by atoms with E-state index in [1.54, 1.807) is 6.07 Å². The van der Waals surface area contributed by atoms with Crippen molar-refractivity contribution in [3.05, 3.63) is 29.8 Å². The number of rotatable bonds is 7. The minimum atomic E-state index is -0.303. The van der Waals surface area contributed by atoms with E-state index in [1.165, 1.54) is 7.11 Å². The highest BCUT2D eigenvalue weighted by molar-refractivity contribution is 6.64. The molecule has 0 aliphatic heterocycles. The van der Waals surface area contributed by atoms with Crippen molar-refractivity contribution in [2.24, 2.45) is 0 Å². The molecule has 3 N–H and O–H groups in total. The lowest BCUT2D eigenvalue weighted by Gasteiger charge is -2.16. The molecule has 0 aliphatic carbocycles. The predicted octanol–water partition coefficient (Wildman–Crippen LogP) is -0.126. The Morgan fingerprint density at radius 1 is 1.61 bits per heavy atom. The summed E-state index contributed by atoms with van der Waals surface area (Å²) < 4.78 is 4.63. The highest BCUT2D eigenvalue weighted by Gasteiger charge is 2.14. The molecular formula is C12H17BN2O3. The van der Waals surface area contributed by atoms with Gasteiger partial charge in [-0.05, 0) is 24.1 Å². The summed E-state index contributed by atoms with van der Waals surface area (Å²) in [7, 11) is 1.56. The number of hydrogen-bond donors (Lipinski definition) is 2. The van der Waals surface area contributed by atoms with Gasteiger partial charge in [-0.1, -0.05) is 12.1 Å². The van der Waals surface area contributed by atoms with Gasteiger partial charge in [0.15, 0.2) is 0 Å². The molecule has 1 atom stereocenters. The van der Waals surface area contributed by atoms with Gasteiger partial charge in [-0.25, -0.2) is 0 Å². The largest absolute Gasteiger partial charge is 0.469 e. The predicted molar refractivity (Wildman–Crippen MR) is 72.0 cm³/mol. The first-order chi connectivity index (χ1) is 8.65. The van der Waals surface area contributed by atoms with Crippen molar-refractivity contribution in [1.29, 1.82) is 0 Å². The fraction of sp³-hybridized carbons (Fsp3) is 0.333. The van der Waals surface area contributed by atoms with Gasteiger partial charge in [-0.2, -0.15) is 0 Å². The minimum absolute atomic E-state index is 0.135. The van der Waals surface area contributed by atoms with Crippen molar-refractivity contribution in [1.82, 2.24) is 5.23 Å². The van der Waals surface area contributed by atoms with E-state index in [2.05, 4.69) is 9.96 Å². The molecule has 0 bridgehead atoms. The number of benzene rings is 1. The Labute approximate surface area is 107 Å². The van der Waals surface area contributed by atoms with E-state index in [-0.39, 0.29) is 25.8 Å². The number of nitrogen functional groups attached to an aromatic ring is 1. The molecule has 0 aliphatic rings. The summed E-state index contributed by atoms with van der Waals surface area (Å²) in [5.41, 5.74) is 7.39. The topological polar surface area (TPSA) is 81.4 Å². The van der Waals surface area contributed by atoms with Crippen LogP contribution in [0.4, 0.5) is 5.69 Å². The molecular weight excluding hydrogens is 231 g/mol. The molecule has 0 unspecified atom stereocenters. The van der Waals surface area contributed by atoms with Crippen molar-refractivity contribution in [2.45, 2.75) is 18.9 Å². The molecule has 1 aromatic rings. The first-order valence-corrected chi connectivity index (χ1v) is 5.74. The van der Waals surface area contributed by atoms with E-state index in [0.717, 1.165) is 11.7 Å². The second-order valence-electron chi connectivity index (χ2n) is 4.00. The molecule has 5 nitrogen and oxygen atoms in total. The number of esters is 1. The van der Waals surface area contributed by atoms with Gasteiger partial charge in [0, 0.05) is 11.7 Å². The Morgan fingerprint density at radius 2 is 2.39 bits per heavy atom. The Balaban J connectivity index is 2.64. The average Bonchev–Trinajstić information content (AvgIpc) is 2.35. The van der Waals surface area contributed by atoms with E-state index in [9.17, 15) is 9.59 Å². The van der Waals surface area contributed by atoms with Gasteiger partial charge in [0.1, 0.15) is 0 Å². The number of hydrogen-bond acceptors (Lipinski definition) is 5. The second-order valence-corrected chi connectivity index (χ2v) is 4.00. The molecule has 0 saturated heterocycles. The van der Waals surface area contributed by atoms with E-state index in [0.29, 0.717) is 12.1 Å². The lowest BCUT2D eigenvalue weighted by molar-refractivity contribution is -0.141. The van der Waals surface area contributed by atoms with Crippen LogP contribution in [0.1, 0.15) is 12.0 Å². The third-order valence-electron chi connectivity index (χ3n) is 2.56. The monoisotopic (exact) mass is 248 g/mol. The Hall–Kier alpha value is -1.82. The van der Waals surface area contributed by atoms with Crippen LogP contribution in [0.5, 0.6) is 0 Å². The molecule has 6 heteroatoms. The molecule has 0 radical (unpaired) electrons. The quantitative estimate of drug-likeness (QED) is 0.304. The fourth-order valence-electron chi connectivity index (χ4n) is 1.72. The maximum Gasteiger partial charge on any atom is 0.307 e. The number of ether oxygens (including phenoxy) is 1. The van der Waals surface area contributed by atoms with Crippen molar-refractivity contribution in [3.8, 4) is 0 Å². The van der Waals surface area contributed by atoms with Gasteiger partial charge in [0.25, 0.3) is 7.41 Å². The summed E-state index contributed by atoms with van der Waals surface area (Å²) in [4.78, 5) is 21.6. The third kappa shape index (κ3) is 5.01. The van der Waals surface area contributed by atoms with Gasteiger partial charge in [-0.3, -0.25) is 4.79 Å². The van der Waals surface area contributed by atoms with Crippen LogP contribution in [0.15, 0.2) is 24.3 Å². The third-order valence-corrected chi connectivity index (χ3v) is 2.56. The van der Waals surface area contributed by atoms with Gasteiger partial charge in [0.2, 0.25) is 0 Å². The molecule has 0 saturated carbocycles. The maximum atomic E-state index is 11.3. The van der Waals surface area contributed by atoms with Gasteiger partial charge in [-0.15, -0.1) is 0 Å². The number of nitrogens with one attached hydrogen (secondary N) is 1. The van der Waals surface area contributed by atoms with Crippen LogP contribution < -0.4 is 11.0 Å². The van der Waals surface area contributed by atoms with Gasteiger partial charge < -0.3 is 20.5 Å². The Morgan fingerprint density at radius 3 is 3.00 bits per heavy atom. The molecule has 0 spiro atoms. The zero-order valence-corrected chi connectivity index (χ0v) is 10.4. The van der Waals surface area contributed by atoms with Crippen LogP contribution in [-0.4, -0.2) is 32.7 Å². The Kier molecular flexibility index (Phi) is 5.94. The molecule has 1 rings (SSSR count). The standard InChI is InChI=1S/C12H17BN2O3/c1-18-12(17)7-11(15-13-8-16)6-9-3-2-4-10(14)5-9/h2-5,8,11,13,15H,6-7,14H2,1H3/t11-/m0/s1. The van der Waals surface area contributed by atoms with Gasteiger partial charge >= 0.3 is 5.97 Å². The lowest BCUT2D eigenvalue weighted by atomic mass is 9.92. The Bertz CT molecular complexity index is 412. The van der Waals surface area contributed by atoms with E-state index in [4.69, 9.17) is 5.73 Å². The summed E-state index contributed by atoms with van der Waals surface area (Å²) in [6.45, 7) is 0. The number of nitrogens with two attached hydrogens (primary N) is 1. The van der Waals surface area contributed by atoms with Crippen molar-refractivity contribution in [2.75, 3.05) is 12.8 Å². The molecule has 18 heavy (non-hydrogen) atoms. The van der Waals surface area contributed by atoms with Gasteiger partial charge in [0.05, 0.1) is 19.7 Å². The number of carbonyl (C=O) groups excluding carboxylic acids is 2. The molecule has 1 aromatic carbocycles. The first-order valence-electron chi connectivity index (χ1n) is 5.74. The number of anilines is 1. The summed E-state index contributed by atoms with van der Waals surface area (Å²) in [5.74, 6) is -0.303.